The van der Waals surface area contributed by atoms with Crippen molar-refractivity contribution in [1.29, 1.82) is 0 Å². The molecular formula is C20H26N2O4S2. The number of hydrogen-bond donors (Lipinski definition) is 1. The van der Waals surface area contributed by atoms with E-state index in [0.717, 1.165) is 36.1 Å². The molecule has 1 aromatic heterocycles. The minimum absolute atomic E-state index is 0.123. The average molecular weight is 423 g/mol. The van der Waals surface area contributed by atoms with Crippen molar-refractivity contribution in [2.24, 2.45) is 0 Å². The maximum absolute atomic E-state index is 12.8. The van der Waals surface area contributed by atoms with Crippen LogP contribution >= 0.6 is 11.3 Å². The summed E-state index contributed by atoms with van der Waals surface area (Å²) >= 11 is 1.28. The van der Waals surface area contributed by atoms with Gasteiger partial charge in [0.15, 0.2) is 0 Å². The Balaban J connectivity index is 1.67. The maximum Gasteiger partial charge on any atom is 0.252 e. The number of thiophene rings is 1. The fraction of sp³-hybridized carbons (Fsp3) is 0.450. The summed E-state index contributed by atoms with van der Waals surface area (Å²) in [4.78, 5) is 13.0. The maximum atomic E-state index is 12.8. The van der Waals surface area contributed by atoms with Crippen molar-refractivity contribution in [3.63, 3.8) is 0 Å². The van der Waals surface area contributed by atoms with Gasteiger partial charge in [-0.25, -0.2) is 8.42 Å². The third-order valence-corrected chi connectivity index (χ3v) is 8.23. The summed E-state index contributed by atoms with van der Waals surface area (Å²) in [6.07, 6.45) is 3.71. The topological polar surface area (TPSA) is 75.7 Å². The molecule has 1 aromatic carbocycles. The summed E-state index contributed by atoms with van der Waals surface area (Å²) < 4.78 is 32.5. The van der Waals surface area contributed by atoms with Crippen LogP contribution in [0, 0.1) is 0 Å². The second kappa shape index (κ2) is 9.65. The lowest BCUT2D eigenvalue weighted by molar-refractivity contribution is 0.0948. The lowest BCUT2D eigenvalue weighted by atomic mass is 10.1. The van der Waals surface area contributed by atoms with Gasteiger partial charge >= 0.3 is 0 Å². The molecule has 0 saturated carbocycles. The van der Waals surface area contributed by atoms with Crippen LogP contribution < -0.4 is 5.32 Å². The van der Waals surface area contributed by atoms with E-state index in [-0.39, 0.29) is 5.91 Å². The number of sulfonamides is 1. The molecule has 1 aliphatic rings. The van der Waals surface area contributed by atoms with Crippen LogP contribution in [-0.2, 0) is 14.8 Å². The molecule has 3 rings (SSSR count). The number of piperidine rings is 1. The Labute approximate surface area is 170 Å². The van der Waals surface area contributed by atoms with Crippen LogP contribution in [0.2, 0.25) is 0 Å². The van der Waals surface area contributed by atoms with Gasteiger partial charge in [-0.15, -0.1) is 11.3 Å². The van der Waals surface area contributed by atoms with Gasteiger partial charge in [0.1, 0.15) is 4.21 Å². The highest BCUT2D eigenvalue weighted by Crippen LogP contribution is 2.33. The summed E-state index contributed by atoms with van der Waals surface area (Å²) in [5.41, 5.74) is 1.49. The molecule has 0 spiro atoms. The molecule has 2 heterocycles. The van der Waals surface area contributed by atoms with E-state index in [1.54, 1.807) is 29.6 Å². The summed E-state index contributed by atoms with van der Waals surface area (Å²) in [5.74, 6) is -0.123. The van der Waals surface area contributed by atoms with Gasteiger partial charge in [-0.3, -0.25) is 4.79 Å². The third kappa shape index (κ3) is 5.00. The summed E-state index contributed by atoms with van der Waals surface area (Å²) in [5, 5.41) is 2.85. The zero-order valence-electron chi connectivity index (χ0n) is 16.0. The van der Waals surface area contributed by atoms with Gasteiger partial charge in [0.05, 0.1) is 0 Å². The molecule has 1 N–H and O–H groups in total. The standard InChI is InChI=1S/C20H26N2O4S2/c1-26-15-5-12-21-20(23)17-8-6-16(7-9-17)18-10-11-19(27-18)28(24,25)22-13-3-2-4-14-22/h6-11H,2-5,12-15H2,1H3,(H,21,23). The highest BCUT2D eigenvalue weighted by atomic mass is 32.2. The molecular weight excluding hydrogens is 396 g/mol. The van der Waals surface area contributed by atoms with Crippen molar-refractivity contribution in [2.75, 3.05) is 33.4 Å². The van der Waals surface area contributed by atoms with Crippen LogP contribution in [0.1, 0.15) is 36.0 Å². The smallest absolute Gasteiger partial charge is 0.252 e. The molecule has 8 heteroatoms. The van der Waals surface area contributed by atoms with E-state index in [1.165, 1.54) is 11.3 Å². The highest BCUT2D eigenvalue weighted by molar-refractivity contribution is 7.91. The minimum atomic E-state index is -3.41. The molecule has 1 saturated heterocycles. The van der Waals surface area contributed by atoms with Crippen molar-refractivity contribution < 1.29 is 17.9 Å². The molecule has 0 aliphatic carbocycles. The minimum Gasteiger partial charge on any atom is -0.385 e. The fourth-order valence-corrected chi connectivity index (χ4v) is 6.14. The Bertz CT molecular complexity index is 885. The van der Waals surface area contributed by atoms with Crippen molar-refractivity contribution in [1.82, 2.24) is 9.62 Å². The predicted octanol–water partition coefficient (Wildman–Crippen LogP) is 3.36. The molecule has 0 unspecified atom stereocenters. The van der Waals surface area contributed by atoms with Gasteiger partial charge in [0.2, 0.25) is 0 Å². The van der Waals surface area contributed by atoms with Crippen molar-refractivity contribution in [2.45, 2.75) is 29.9 Å². The number of amides is 1. The van der Waals surface area contributed by atoms with Crippen molar-refractivity contribution in [3.05, 3.63) is 42.0 Å². The fourth-order valence-electron chi connectivity index (χ4n) is 3.15. The van der Waals surface area contributed by atoms with Gasteiger partial charge in [-0.2, -0.15) is 4.31 Å². The Morgan fingerprint density at radius 2 is 1.82 bits per heavy atom. The number of ether oxygens (including phenoxy) is 1. The number of benzene rings is 1. The molecule has 0 bridgehead atoms. The van der Waals surface area contributed by atoms with Gasteiger partial charge in [-0.1, -0.05) is 18.6 Å². The number of carbonyl (C=O) groups is 1. The molecule has 6 nitrogen and oxygen atoms in total. The van der Waals surface area contributed by atoms with Gasteiger partial charge in [-0.05, 0) is 49.1 Å². The molecule has 2 aromatic rings. The quantitative estimate of drug-likeness (QED) is 0.662. The van der Waals surface area contributed by atoms with E-state index in [9.17, 15) is 13.2 Å². The number of hydrogen-bond acceptors (Lipinski definition) is 5. The van der Waals surface area contributed by atoms with Crippen LogP contribution in [-0.4, -0.2) is 52.0 Å². The number of carbonyl (C=O) groups excluding carboxylic acids is 1. The monoisotopic (exact) mass is 422 g/mol. The van der Waals surface area contributed by atoms with Crippen LogP contribution in [0.5, 0.6) is 0 Å². The second-order valence-corrected chi connectivity index (χ2v) is 10.0. The van der Waals surface area contributed by atoms with E-state index in [1.807, 2.05) is 18.2 Å². The Kier molecular flexibility index (Phi) is 7.23. The molecule has 152 valence electrons. The summed E-state index contributed by atoms with van der Waals surface area (Å²) in [6.45, 7) is 2.38. The van der Waals surface area contributed by atoms with E-state index in [4.69, 9.17) is 4.74 Å². The zero-order chi connectivity index (χ0) is 20.0. The SMILES string of the molecule is COCCCNC(=O)c1ccc(-c2ccc(S(=O)(=O)N3CCCCC3)s2)cc1. The molecule has 0 radical (unpaired) electrons. The number of rotatable bonds is 8. The van der Waals surface area contributed by atoms with E-state index < -0.39 is 10.0 Å². The van der Waals surface area contributed by atoms with Gasteiger partial charge in [0, 0.05) is 43.8 Å². The first-order valence-corrected chi connectivity index (χ1v) is 11.8. The predicted molar refractivity (Wildman–Crippen MR) is 111 cm³/mol. The van der Waals surface area contributed by atoms with Crippen molar-refractivity contribution in [3.8, 4) is 10.4 Å². The van der Waals surface area contributed by atoms with E-state index >= 15 is 0 Å². The van der Waals surface area contributed by atoms with Crippen LogP contribution in [0.3, 0.4) is 0 Å². The molecule has 1 fully saturated rings. The second-order valence-electron chi connectivity index (χ2n) is 6.76. The lowest BCUT2D eigenvalue weighted by Gasteiger charge is -2.25. The van der Waals surface area contributed by atoms with Crippen LogP contribution in [0.4, 0.5) is 0 Å². The molecule has 1 aliphatic heterocycles. The van der Waals surface area contributed by atoms with E-state index in [2.05, 4.69) is 5.32 Å². The first-order chi connectivity index (χ1) is 13.5. The Hall–Kier alpha value is -1.74. The van der Waals surface area contributed by atoms with Crippen LogP contribution in [0.15, 0.2) is 40.6 Å². The first kappa shape index (κ1) is 21.0. The van der Waals surface area contributed by atoms with Crippen molar-refractivity contribution >= 4 is 27.3 Å². The van der Waals surface area contributed by atoms with Crippen LogP contribution in [0.25, 0.3) is 10.4 Å². The van der Waals surface area contributed by atoms with Gasteiger partial charge in [0.25, 0.3) is 15.9 Å². The Morgan fingerprint density at radius 3 is 2.50 bits per heavy atom. The highest BCUT2D eigenvalue weighted by Gasteiger charge is 2.27. The number of methoxy groups -OCH3 is 1. The first-order valence-electron chi connectivity index (χ1n) is 9.50. The molecule has 28 heavy (non-hydrogen) atoms. The zero-order valence-corrected chi connectivity index (χ0v) is 17.7. The number of nitrogens with zero attached hydrogens (tertiary/aromatic N) is 1. The summed E-state index contributed by atoms with van der Waals surface area (Å²) in [6, 6.07) is 10.8. The normalized spacial score (nSPS) is 15.5. The van der Waals surface area contributed by atoms with Gasteiger partial charge < -0.3 is 10.1 Å². The summed E-state index contributed by atoms with van der Waals surface area (Å²) in [7, 11) is -1.78. The lowest BCUT2D eigenvalue weighted by Crippen LogP contribution is -2.35. The van der Waals surface area contributed by atoms with E-state index in [0.29, 0.717) is 36.0 Å². The molecule has 0 atom stereocenters. The largest absolute Gasteiger partial charge is 0.385 e. The Morgan fingerprint density at radius 1 is 1.11 bits per heavy atom. The average Bonchev–Trinajstić information content (AvgIpc) is 3.23. The molecule has 1 amide bonds. The third-order valence-electron chi connectivity index (χ3n) is 4.73. The number of nitrogens with one attached hydrogen (secondary N) is 1.